The summed E-state index contributed by atoms with van der Waals surface area (Å²) < 4.78 is 2.60. The zero-order valence-electron chi connectivity index (χ0n) is 11.5. The van der Waals surface area contributed by atoms with Crippen LogP contribution in [0.4, 0.5) is 0 Å². The largest absolute Gasteiger partial charge is 0.286 e. The maximum Gasteiger partial charge on any atom is 0.222 e. The van der Waals surface area contributed by atoms with E-state index in [9.17, 15) is 4.79 Å². The van der Waals surface area contributed by atoms with Crippen LogP contribution in [0.2, 0.25) is 0 Å². The van der Waals surface area contributed by atoms with E-state index in [4.69, 9.17) is 0 Å². The number of fused-ring (bicyclic) bond motifs is 1. The first-order chi connectivity index (χ1) is 9.70. The van der Waals surface area contributed by atoms with E-state index < -0.39 is 0 Å². The monoisotopic (exact) mass is 352 g/mol. The summed E-state index contributed by atoms with van der Waals surface area (Å²) in [5.74, 6) is 0.0993. The Morgan fingerprint density at radius 1 is 1.45 bits per heavy atom. The molecule has 1 aliphatic rings. The Kier molecular flexibility index (Phi) is 4.08. The highest BCUT2D eigenvalue weighted by Crippen LogP contribution is 2.32. The molecule has 0 amide bonds. The van der Waals surface area contributed by atoms with Gasteiger partial charge in [0.25, 0.3) is 0 Å². The number of carbonyl (C=O) groups is 1. The van der Waals surface area contributed by atoms with Gasteiger partial charge in [0.15, 0.2) is 0 Å². The van der Waals surface area contributed by atoms with Gasteiger partial charge in [-0.2, -0.15) is 5.10 Å². The quantitative estimate of drug-likeness (QED) is 0.771. The molecule has 2 heterocycles. The van der Waals surface area contributed by atoms with E-state index in [1.165, 1.54) is 23.3 Å². The zero-order valence-corrected chi connectivity index (χ0v) is 13.9. The van der Waals surface area contributed by atoms with Gasteiger partial charge >= 0.3 is 0 Å². The number of aryl methyl sites for hydroxylation is 3. The Balaban J connectivity index is 1.96. The lowest BCUT2D eigenvalue weighted by molar-refractivity contribution is 0.103. The molecule has 0 aromatic carbocycles. The van der Waals surface area contributed by atoms with Crippen molar-refractivity contribution in [3.63, 3.8) is 0 Å². The number of hydrogen-bond acceptors (Lipinski definition) is 3. The topological polar surface area (TPSA) is 34.9 Å². The number of carbonyl (C=O) groups excluding carboxylic acids is 1. The Morgan fingerprint density at radius 2 is 2.25 bits per heavy atom. The van der Waals surface area contributed by atoms with Gasteiger partial charge in [-0.3, -0.25) is 9.48 Å². The van der Waals surface area contributed by atoms with Crippen molar-refractivity contribution < 1.29 is 4.79 Å². The second-order valence-electron chi connectivity index (χ2n) is 5.16. The lowest BCUT2D eigenvalue weighted by Crippen LogP contribution is -2.11. The van der Waals surface area contributed by atoms with Crippen LogP contribution in [-0.2, 0) is 19.4 Å². The fourth-order valence-electron chi connectivity index (χ4n) is 2.69. The van der Waals surface area contributed by atoms with E-state index in [0.29, 0.717) is 5.69 Å². The van der Waals surface area contributed by atoms with Gasteiger partial charge in [-0.05, 0) is 59.7 Å². The molecule has 2 aromatic heterocycles. The number of hydrogen-bond donors (Lipinski definition) is 0. The SMILES string of the molecule is CCCn1ncc(Br)c1C(=O)c1cc2c(s1)CCCC2. The van der Waals surface area contributed by atoms with Crippen LogP contribution in [0.5, 0.6) is 0 Å². The van der Waals surface area contributed by atoms with E-state index >= 15 is 0 Å². The van der Waals surface area contributed by atoms with Crippen LogP contribution in [0.3, 0.4) is 0 Å². The molecule has 0 saturated heterocycles. The molecular formula is C15H17BrN2OS. The fourth-order valence-corrected chi connectivity index (χ4v) is 4.36. The predicted molar refractivity (Wildman–Crippen MR) is 84.6 cm³/mol. The minimum absolute atomic E-state index is 0.0993. The Bertz CT molecular complexity index is 621. The van der Waals surface area contributed by atoms with Crippen molar-refractivity contribution in [2.75, 3.05) is 0 Å². The molecule has 0 aliphatic heterocycles. The second-order valence-corrected chi connectivity index (χ2v) is 7.15. The third kappa shape index (κ3) is 2.49. The molecule has 0 N–H and O–H groups in total. The van der Waals surface area contributed by atoms with Crippen LogP contribution in [0.1, 0.15) is 52.0 Å². The standard InChI is InChI=1S/C15H17BrN2OS/c1-2-7-18-14(11(16)9-17-18)15(19)13-8-10-5-3-4-6-12(10)20-13/h8-9H,2-7H2,1H3. The number of ketones is 1. The molecule has 0 bridgehead atoms. The van der Waals surface area contributed by atoms with E-state index in [0.717, 1.165) is 35.2 Å². The van der Waals surface area contributed by atoms with Crippen molar-refractivity contribution in [1.82, 2.24) is 9.78 Å². The number of thiophene rings is 1. The van der Waals surface area contributed by atoms with E-state index in [2.05, 4.69) is 34.0 Å². The summed E-state index contributed by atoms with van der Waals surface area (Å²) in [7, 11) is 0. The molecule has 0 radical (unpaired) electrons. The summed E-state index contributed by atoms with van der Waals surface area (Å²) in [6.45, 7) is 2.87. The highest BCUT2D eigenvalue weighted by Gasteiger charge is 2.23. The maximum absolute atomic E-state index is 12.8. The maximum atomic E-state index is 12.8. The molecule has 3 nitrogen and oxygen atoms in total. The van der Waals surface area contributed by atoms with Crippen molar-refractivity contribution in [3.05, 3.63) is 37.7 Å². The molecule has 3 rings (SSSR count). The number of nitrogens with zero attached hydrogens (tertiary/aromatic N) is 2. The van der Waals surface area contributed by atoms with Gasteiger partial charge in [0.1, 0.15) is 5.69 Å². The van der Waals surface area contributed by atoms with Crippen LogP contribution >= 0.6 is 27.3 Å². The first kappa shape index (κ1) is 14.0. The van der Waals surface area contributed by atoms with Gasteiger partial charge in [0.05, 0.1) is 15.5 Å². The van der Waals surface area contributed by atoms with Crippen LogP contribution < -0.4 is 0 Å². The summed E-state index contributed by atoms with van der Waals surface area (Å²) in [5.41, 5.74) is 2.06. The molecule has 1 aliphatic carbocycles. The number of aromatic nitrogens is 2. The molecule has 0 saturated carbocycles. The highest BCUT2D eigenvalue weighted by atomic mass is 79.9. The molecule has 20 heavy (non-hydrogen) atoms. The number of halogens is 1. The Morgan fingerprint density at radius 3 is 3.00 bits per heavy atom. The lowest BCUT2D eigenvalue weighted by Gasteiger charge is -2.08. The average Bonchev–Trinajstić information content (AvgIpc) is 3.02. The van der Waals surface area contributed by atoms with Gasteiger partial charge in [-0.15, -0.1) is 11.3 Å². The first-order valence-corrected chi connectivity index (χ1v) is 8.69. The Labute approximate surface area is 131 Å². The van der Waals surface area contributed by atoms with Gasteiger partial charge in [0, 0.05) is 11.4 Å². The average molecular weight is 353 g/mol. The summed E-state index contributed by atoms with van der Waals surface area (Å²) >= 11 is 5.12. The van der Waals surface area contributed by atoms with Crippen molar-refractivity contribution in [1.29, 1.82) is 0 Å². The summed E-state index contributed by atoms with van der Waals surface area (Å²) in [6, 6.07) is 2.09. The van der Waals surface area contributed by atoms with Gasteiger partial charge in [-0.1, -0.05) is 6.92 Å². The third-order valence-electron chi connectivity index (χ3n) is 3.67. The van der Waals surface area contributed by atoms with Crippen molar-refractivity contribution in [3.8, 4) is 0 Å². The van der Waals surface area contributed by atoms with Gasteiger partial charge in [-0.25, -0.2) is 0 Å². The van der Waals surface area contributed by atoms with Crippen molar-refractivity contribution in [2.45, 2.75) is 45.6 Å². The molecule has 0 spiro atoms. The Hall–Kier alpha value is -0.940. The lowest BCUT2D eigenvalue weighted by atomic mass is 9.99. The van der Waals surface area contributed by atoms with Crippen LogP contribution in [0, 0.1) is 0 Å². The normalized spacial score (nSPS) is 14.3. The van der Waals surface area contributed by atoms with E-state index in [1.807, 2.05) is 4.68 Å². The minimum Gasteiger partial charge on any atom is -0.286 e. The zero-order chi connectivity index (χ0) is 14.1. The van der Waals surface area contributed by atoms with Gasteiger partial charge < -0.3 is 0 Å². The fraction of sp³-hybridized carbons (Fsp3) is 0.467. The molecule has 2 aromatic rings. The summed E-state index contributed by atoms with van der Waals surface area (Å²) in [4.78, 5) is 15.0. The van der Waals surface area contributed by atoms with Gasteiger partial charge in [0.2, 0.25) is 5.78 Å². The predicted octanol–water partition coefficient (Wildman–Crippen LogP) is 4.23. The third-order valence-corrected chi connectivity index (χ3v) is 5.48. The molecule has 0 unspecified atom stereocenters. The van der Waals surface area contributed by atoms with E-state index in [-0.39, 0.29) is 5.78 Å². The first-order valence-electron chi connectivity index (χ1n) is 7.08. The summed E-state index contributed by atoms with van der Waals surface area (Å²) in [6.07, 6.45) is 7.43. The highest BCUT2D eigenvalue weighted by molar-refractivity contribution is 9.10. The second kappa shape index (κ2) is 5.82. The van der Waals surface area contributed by atoms with Crippen LogP contribution in [0.15, 0.2) is 16.7 Å². The van der Waals surface area contributed by atoms with Crippen LogP contribution in [-0.4, -0.2) is 15.6 Å². The molecular weight excluding hydrogens is 336 g/mol. The molecule has 0 fully saturated rings. The molecule has 0 atom stereocenters. The minimum atomic E-state index is 0.0993. The molecule has 5 heteroatoms. The summed E-state index contributed by atoms with van der Waals surface area (Å²) in [5, 5.41) is 4.29. The van der Waals surface area contributed by atoms with Crippen molar-refractivity contribution in [2.24, 2.45) is 0 Å². The van der Waals surface area contributed by atoms with Crippen molar-refractivity contribution >= 4 is 33.0 Å². The number of rotatable bonds is 4. The molecule has 106 valence electrons. The smallest absolute Gasteiger partial charge is 0.222 e. The van der Waals surface area contributed by atoms with E-state index in [1.54, 1.807) is 17.5 Å². The van der Waals surface area contributed by atoms with Crippen LogP contribution in [0.25, 0.3) is 0 Å².